The van der Waals surface area contributed by atoms with Crippen LogP contribution in [0.5, 0.6) is 11.5 Å². The van der Waals surface area contributed by atoms with Crippen molar-refractivity contribution in [2.45, 2.75) is 6.04 Å². The average Bonchev–Trinajstić information content (AvgIpc) is 2.49. The van der Waals surface area contributed by atoms with Gasteiger partial charge in [-0.2, -0.15) is 0 Å². The highest BCUT2D eigenvalue weighted by Gasteiger charge is 2.18. The molecule has 2 aromatic rings. The Kier molecular flexibility index (Phi) is 5.12. The summed E-state index contributed by atoms with van der Waals surface area (Å²) in [4.78, 5) is 11.3. The maximum Gasteiger partial charge on any atom is 0.325 e. The lowest BCUT2D eigenvalue weighted by Crippen LogP contribution is -2.28. The zero-order valence-electron chi connectivity index (χ0n) is 11.5. The van der Waals surface area contributed by atoms with Crippen LogP contribution in [0.2, 0.25) is 0 Å². The minimum atomic E-state index is -0.936. The number of carboxylic acids is 1. The predicted molar refractivity (Wildman–Crippen MR) is 81.5 cm³/mol. The van der Waals surface area contributed by atoms with Gasteiger partial charge in [0, 0.05) is 6.54 Å². The molecule has 0 radical (unpaired) electrons. The van der Waals surface area contributed by atoms with E-state index in [0.717, 1.165) is 0 Å². The van der Waals surface area contributed by atoms with E-state index in [1.165, 1.54) is 0 Å². The van der Waals surface area contributed by atoms with E-state index in [4.69, 9.17) is 4.74 Å². The fourth-order valence-corrected chi connectivity index (χ4v) is 1.93. The van der Waals surface area contributed by atoms with Gasteiger partial charge in [-0.15, -0.1) is 6.58 Å². The Morgan fingerprint density at radius 1 is 1.19 bits per heavy atom. The summed E-state index contributed by atoms with van der Waals surface area (Å²) in [6, 6.07) is 15.6. The Balaban J connectivity index is 2.19. The van der Waals surface area contributed by atoms with Crippen molar-refractivity contribution in [1.82, 2.24) is 5.32 Å². The van der Waals surface area contributed by atoms with E-state index in [2.05, 4.69) is 11.9 Å². The van der Waals surface area contributed by atoms with Gasteiger partial charge >= 0.3 is 5.97 Å². The van der Waals surface area contributed by atoms with Crippen LogP contribution in [0.25, 0.3) is 0 Å². The molecule has 0 fully saturated rings. The fourth-order valence-electron chi connectivity index (χ4n) is 1.93. The van der Waals surface area contributed by atoms with Crippen molar-refractivity contribution in [3.05, 3.63) is 72.8 Å². The average molecular weight is 283 g/mol. The predicted octanol–water partition coefficient (Wildman–Crippen LogP) is 3.38. The number of rotatable bonds is 7. The van der Waals surface area contributed by atoms with Gasteiger partial charge in [-0.25, -0.2) is 0 Å². The second-order valence-corrected chi connectivity index (χ2v) is 4.46. The van der Waals surface area contributed by atoms with E-state index in [-0.39, 0.29) is 0 Å². The van der Waals surface area contributed by atoms with Crippen LogP contribution in [0, 0.1) is 0 Å². The summed E-state index contributed by atoms with van der Waals surface area (Å²) in [5.41, 5.74) is 0.637. The van der Waals surface area contributed by atoms with Crippen LogP contribution in [0.1, 0.15) is 11.6 Å². The summed E-state index contributed by atoms with van der Waals surface area (Å²) >= 11 is 0. The third-order valence-corrected chi connectivity index (χ3v) is 2.88. The van der Waals surface area contributed by atoms with E-state index in [0.29, 0.717) is 23.6 Å². The Morgan fingerprint density at radius 3 is 2.57 bits per heavy atom. The highest BCUT2D eigenvalue weighted by Crippen LogP contribution is 2.24. The molecular formula is C17H17NO3. The topological polar surface area (TPSA) is 58.6 Å². The second-order valence-electron chi connectivity index (χ2n) is 4.46. The molecule has 0 aliphatic rings. The lowest BCUT2D eigenvalue weighted by molar-refractivity contribution is -0.139. The van der Waals surface area contributed by atoms with Crippen LogP contribution in [0.3, 0.4) is 0 Å². The van der Waals surface area contributed by atoms with Gasteiger partial charge in [0.15, 0.2) is 0 Å². The van der Waals surface area contributed by atoms with Crippen molar-refractivity contribution >= 4 is 5.97 Å². The monoisotopic (exact) mass is 283 g/mol. The summed E-state index contributed by atoms with van der Waals surface area (Å²) in [7, 11) is 0. The van der Waals surface area contributed by atoms with Crippen LogP contribution >= 0.6 is 0 Å². The Hall–Kier alpha value is -2.59. The Bertz CT molecular complexity index is 610. The largest absolute Gasteiger partial charge is 0.480 e. The number of carbonyl (C=O) groups is 1. The Morgan fingerprint density at radius 2 is 1.90 bits per heavy atom. The van der Waals surface area contributed by atoms with Crippen molar-refractivity contribution in [2.75, 3.05) is 6.54 Å². The molecule has 1 unspecified atom stereocenters. The van der Waals surface area contributed by atoms with Crippen LogP contribution in [-0.4, -0.2) is 17.6 Å². The molecule has 0 saturated carbocycles. The summed E-state index contributed by atoms with van der Waals surface area (Å²) in [5.74, 6) is 0.375. The van der Waals surface area contributed by atoms with Crippen molar-refractivity contribution in [3.8, 4) is 11.5 Å². The van der Waals surface area contributed by atoms with Crippen molar-refractivity contribution in [2.24, 2.45) is 0 Å². The third-order valence-electron chi connectivity index (χ3n) is 2.88. The maximum atomic E-state index is 11.3. The molecule has 0 spiro atoms. The summed E-state index contributed by atoms with van der Waals surface area (Å²) in [5, 5.41) is 12.2. The molecular weight excluding hydrogens is 266 g/mol. The van der Waals surface area contributed by atoms with Gasteiger partial charge in [0.2, 0.25) is 0 Å². The van der Waals surface area contributed by atoms with Crippen LogP contribution < -0.4 is 10.1 Å². The SMILES string of the molecule is C=CCNC(C(=O)O)c1cccc(Oc2ccccc2)c1. The molecule has 108 valence electrons. The molecule has 21 heavy (non-hydrogen) atoms. The molecule has 0 heterocycles. The standard InChI is InChI=1S/C17H17NO3/c1-2-11-18-16(17(19)20)13-7-6-10-15(12-13)21-14-8-4-3-5-9-14/h2-10,12,16,18H,1,11H2,(H,19,20). The van der Waals surface area contributed by atoms with E-state index in [9.17, 15) is 9.90 Å². The molecule has 0 aliphatic carbocycles. The molecule has 4 nitrogen and oxygen atoms in total. The second kappa shape index (κ2) is 7.26. The molecule has 2 N–H and O–H groups in total. The Labute approximate surface area is 123 Å². The first-order valence-electron chi connectivity index (χ1n) is 6.60. The van der Waals surface area contributed by atoms with Crippen LogP contribution in [0.15, 0.2) is 67.3 Å². The molecule has 1 atom stereocenters. The zero-order chi connectivity index (χ0) is 15.1. The zero-order valence-corrected chi connectivity index (χ0v) is 11.5. The number of benzene rings is 2. The van der Waals surface area contributed by atoms with E-state index in [1.54, 1.807) is 30.3 Å². The number of carboxylic acid groups (broad SMARTS) is 1. The summed E-state index contributed by atoms with van der Waals surface area (Å²) < 4.78 is 5.71. The van der Waals surface area contributed by atoms with E-state index in [1.807, 2.05) is 30.3 Å². The van der Waals surface area contributed by atoms with E-state index >= 15 is 0 Å². The molecule has 2 rings (SSSR count). The first-order chi connectivity index (χ1) is 10.2. The van der Waals surface area contributed by atoms with Crippen molar-refractivity contribution in [3.63, 3.8) is 0 Å². The minimum absolute atomic E-state index is 0.417. The van der Waals surface area contributed by atoms with Gasteiger partial charge < -0.3 is 9.84 Å². The first-order valence-corrected chi connectivity index (χ1v) is 6.60. The molecule has 0 aliphatic heterocycles. The number of para-hydroxylation sites is 1. The number of nitrogens with one attached hydrogen (secondary N) is 1. The number of hydrogen-bond acceptors (Lipinski definition) is 3. The normalized spacial score (nSPS) is 11.6. The maximum absolute atomic E-state index is 11.3. The smallest absolute Gasteiger partial charge is 0.325 e. The van der Waals surface area contributed by atoms with Crippen LogP contribution in [-0.2, 0) is 4.79 Å². The van der Waals surface area contributed by atoms with Gasteiger partial charge in [-0.3, -0.25) is 10.1 Å². The van der Waals surface area contributed by atoms with Gasteiger partial charge in [-0.1, -0.05) is 36.4 Å². The fraction of sp³-hybridized carbons (Fsp3) is 0.118. The number of aliphatic carboxylic acids is 1. The molecule has 0 bridgehead atoms. The minimum Gasteiger partial charge on any atom is -0.480 e. The van der Waals surface area contributed by atoms with Gasteiger partial charge in [0.05, 0.1) is 0 Å². The quantitative estimate of drug-likeness (QED) is 0.765. The van der Waals surface area contributed by atoms with Gasteiger partial charge in [0.25, 0.3) is 0 Å². The summed E-state index contributed by atoms with van der Waals surface area (Å²) in [6.07, 6.45) is 1.63. The van der Waals surface area contributed by atoms with Gasteiger partial charge in [-0.05, 0) is 29.8 Å². The van der Waals surface area contributed by atoms with Crippen molar-refractivity contribution in [1.29, 1.82) is 0 Å². The highest BCUT2D eigenvalue weighted by molar-refractivity contribution is 5.75. The molecule has 0 aromatic heterocycles. The molecule has 0 saturated heterocycles. The lowest BCUT2D eigenvalue weighted by atomic mass is 10.1. The lowest BCUT2D eigenvalue weighted by Gasteiger charge is -2.15. The van der Waals surface area contributed by atoms with Crippen molar-refractivity contribution < 1.29 is 14.6 Å². The molecule has 4 heteroatoms. The van der Waals surface area contributed by atoms with E-state index < -0.39 is 12.0 Å². The highest BCUT2D eigenvalue weighted by atomic mass is 16.5. The van der Waals surface area contributed by atoms with Gasteiger partial charge in [0.1, 0.15) is 17.5 Å². The first kappa shape index (κ1) is 14.8. The molecule has 0 amide bonds. The number of hydrogen-bond donors (Lipinski definition) is 2. The number of ether oxygens (including phenoxy) is 1. The summed E-state index contributed by atoms with van der Waals surface area (Å²) in [6.45, 7) is 4.00. The van der Waals surface area contributed by atoms with Crippen LogP contribution in [0.4, 0.5) is 0 Å². The molecule has 2 aromatic carbocycles. The third kappa shape index (κ3) is 4.19.